The molecule has 2 aromatic rings. The monoisotopic (exact) mass is 266 g/mol. The Morgan fingerprint density at radius 1 is 1.18 bits per heavy atom. The average molecular weight is 267 g/mol. The molecule has 4 heteroatoms. The first kappa shape index (κ1) is 11.4. The third-order valence-corrected chi connectivity index (χ3v) is 5.10. The molecule has 0 atom stereocenters. The Hall–Kier alpha value is -0.670. The summed E-state index contributed by atoms with van der Waals surface area (Å²) in [5.41, 5.74) is 1.23. The summed E-state index contributed by atoms with van der Waals surface area (Å²) in [5.74, 6) is 1.49. The highest BCUT2D eigenvalue weighted by molar-refractivity contribution is 7.18. The van der Waals surface area contributed by atoms with Crippen molar-refractivity contribution in [2.75, 3.05) is 0 Å². The Balaban J connectivity index is 2.16. The molecular weight excluding hydrogens is 252 g/mol. The Morgan fingerprint density at radius 2 is 1.88 bits per heavy atom. The van der Waals surface area contributed by atoms with Crippen molar-refractivity contribution in [3.05, 3.63) is 21.4 Å². The molecule has 0 radical (unpaired) electrons. The maximum Gasteiger partial charge on any atom is 0.141 e. The maximum absolute atomic E-state index is 6.31. The predicted molar refractivity (Wildman–Crippen MR) is 73.1 cm³/mol. The fourth-order valence-electron chi connectivity index (χ4n) is 2.58. The lowest BCUT2D eigenvalue weighted by atomic mass is 10.1. The van der Waals surface area contributed by atoms with E-state index in [1.54, 1.807) is 11.3 Å². The van der Waals surface area contributed by atoms with Crippen molar-refractivity contribution >= 4 is 33.2 Å². The zero-order chi connectivity index (χ0) is 12.0. The minimum atomic E-state index is 0.527. The minimum absolute atomic E-state index is 0.527. The van der Waals surface area contributed by atoms with Gasteiger partial charge in [0.2, 0.25) is 0 Å². The summed E-state index contributed by atoms with van der Waals surface area (Å²) in [6.07, 6.45) is 5.02. The maximum atomic E-state index is 6.31. The second kappa shape index (κ2) is 4.21. The molecule has 2 heterocycles. The van der Waals surface area contributed by atoms with Crippen LogP contribution in [-0.4, -0.2) is 9.97 Å². The van der Waals surface area contributed by atoms with Crippen molar-refractivity contribution in [3.63, 3.8) is 0 Å². The van der Waals surface area contributed by atoms with E-state index < -0.39 is 0 Å². The van der Waals surface area contributed by atoms with Gasteiger partial charge in [-0.25, -0.2) is 9.97 Å². The van der Waals surface area contributed by atoms with Crippen molar-refractivity contribution in [2.24, 2.45) is 0 Å². The molecule has 0 aliphatic heterocycles. The molecule has 1 aliphatic carbocycles. The van der Waals surface area contributed by atoms with E-state index >= 15 is 0 Å². The van der Waals surface area contributed by atoms with E-state index in [9.17, 15) is 0 Å². The molecule has 90 valence electrons. The molecule has 0 bridgehead atoms. The summed E-state index contributed by atoms with van der Waals surface area (Å²) in [4.78, 5) is 11.6. The molecule has 1 fully saturated rings. The van der Waals surface area contributed by atoms with E-state index in [1.165, 1.54) is 36.1 Å². The van der Waals surface area contributed by atoms with E-state index in [1.807, 2.05) is 0 Å². The van der Waals surface area contributed by atoms with Crippen LogP contribution in [-0.2, 0) is 0 Å². The molecular formula is C13H15ClN2S. The van der Waals surface area contributed by atoms with E-state index in [2.05, 4.69) is 18.8 Å². The molecule has 1 saturated carbocycles. The van der Waals surface area contributed by atoms with Gasteiger partial charge in [0.05, 0.1) is 5.39 Å². The average Bonchev–Trinajstić information content (AvgIpc) is 2.88. The molecule has 0 saturated heterocycles. The Labute approximate surface area is 110 Å². The molecule has 17 heavy (non-hydrogen) atoms. The van der Waals surface area contributed by atoms with E-state index in [4.69, 9.17) is 16.6 Å². The van der Waals surface area contributed by atoms with Crippen molar-refractivity contribution in [2.45, 2.75) is 45.4 Å². The second-order valence-electron chi connectivity index (χ2n) is 4.82. The van der Waals surface area contributed by atoms with Gasteiger partial charge in [-0.05, 0) is 32.3 Å². The molecule has 0 spiro atoms. The summed E-state index contributed by atoms with van der Waals surface area (Å²) in [5, 5.41) is 1.69. The normalized spacial score (nSPS) is 17.1. The van der Waals surface area contributed by atoms with Crippen LogP contribution in [0.25, 0.3) is 10.2 Å². The van der Waals surface area contributed by atoms with Gasteiger partial charge in [-0.2, -0.15) is 0 Å². The number of thiophene rings is 1. The van der Waals surface area contributed by atoms with Crippen LogP contribution in [0.1, 0.15) is 47.9 Å². The lowest BCUT2D eigenvalue weighted by Crippen LogP contribution is -2.00. The molecule has 2 aromatic heterocycles. The molecule has 2 nitrogen and oxygen atoms in total. The van der Waals surface area contributed by atoms with E-state index in [-0.39, 0.29) is 0 Å². The molecule has 0 aromatic carbocycles. The van der Waals surface area contributed by atoms with Crippen molar-refractivity contribution in [1.29, 1.82) is 0 Å². The Morgan fingerprint density at radius 3 is 2.59 bits per heavy atom. The van der Waals surface area contributed by atoms with Gasteiger partial charge in [0, 0.05) is 10.8 Å². The number of rotatable bonds is 1. The first-order valence-corrected chi connectivity index (χ1v) is 7.29. The van der Waals surface area contributed by atoms with Crippen LogP contribution in [0.5, 0.6) is 0 Å². The molecule has 0 amide bonds. The number of hydrogen-bond acceptors (Lipinski definition) is 3. The number of nitrogens with zero attached hydrogens (tertiary/aromatic N) is 2. The van der Waals surface area contributed by atoms with Crippen molar-refractivity contribution < 1.29 is 0 Å². The third-order valence-electron chi connectivity index (χ3n) is 3.72. The molecule has 1 aliphatic rings. The smallest absolute Gasteiger partial charge is 0.141 e. The lowest BCUT2D eigenvalue weighted by molar-refractivity contribution is 0.673. The van der Waals surface area contributed by atoms with Crippen LogP contribution in [0.3, 0.4) is 0 Å². The highest BCUT2D eigenvalue weighted by Gasteiger charge is 2.22. The van der Waals surface area contributed by atoms with Gasteiger partial charge < -0.3 is 0 Å². The summed E-state index contributed by atoms with van der Waals surface area (Å²) in [7, 11) is 0. The topological polar surface area (TPSA) is 25.8 Å². The van der Waals surface area contributed by atoms with Gasteiger partial charge in [-0.1, -0.05) is 24.4 Å². The molecule has 0 unspecified atom stereocenters. The first-order valence-electron chi connectivity index (χ1n) is 6.10. The van der Waals surface area contributed by atoms with Gasteiger partial charge >= 0.3 is 0 Å². The second-order valence-corrected chi connectivity index (χ2v) is 6.38. The highest BCUT2D eigenvalue weighted by Crippen LogP contribution is 2.37. The SMILES string of the molecule is Cc1sc2nc(C3CCCC3)nc(Cl)c2c1C. The van der Waals surface area contributed by atoms with Gasteiger partial charge in [-0.15, -0.1) is 11.3 Å². The van der Waals surface area contributed by atoms with Gasteiger partial charge in [0.25, 0.3) is 0 Å². The fraction of sp³-hybridized carbons (Fsp3) is 0.538. The van der Waals surface area contributed by atoms with Gasteiger partial charge in [0.1, 0.15) is 15.8 Å². The standard InChI is InChI=1S/C13H15ClN2S/c1-7-8(2)17-13-10(7)11(14)15-12(16-13)9-5-3-4-6-9/h9H,3-6H2,1-2H3. The zero-order valence-corrected chi connectivity index (χ0v) is 11.7. The summed E-state index contributed by atoms with van der Waals surface area (Å²) in [6, 6.07) is 0. The largest absolute Gasteiger partial charge is 0.222 e. The molecule has 0 N–H and O–H groups in total. The minimum Gasteiger partial charge on any atom is -0.222 e. The van der Waals surface area contributed by atoms with Gasteiger partial charge in [-0.3, -0.25) is 0 Å². The fourth-order valence-corrected chi connectivity index (χ4v) is 3.99. The van der Waals surface area contributed by atoms with Crippen LogP contribution in [0.2, 0.25) is 5.15 Å². The Kier molecular flexibility index (Phi) is 2.83. The van der Waals surface area contributed by atoms with Crippen LogP contribution in [0.4, 0.5) is 0 Å². The quantitative estimate of drug-likeness (QED) is 0.704. The zero-order valence-electron chi connectivity index (χ0n) is 10.1. The highest BCUT2D eigenvalue weighted by atomic mass is 35.5. The number of aromatic nitrogens is 2. The molecule has 3 rings (SSSR count). The number of halogens is 1. The summed E-state index contributed by atoms with van der Waals surface area (Å²) >= 11 is 8.05. The number of aryl methyl sites for hydroxylation is 2. The van der Waals surface area contributed by atoms with Crippen molar-refractivity contribution in [1.82, 2.24) is 9.97 Å². The predicted octanol–water partition coefficient (Wildman–Crippen LogP) is 4.62. The summed E-state index contributed by atoms with van der Waals surface area (Å²) in [6.45, 7) is 4.21. The Bertz CT molecular complexity index is 570. The van der Waals surface area contributed by atoms with Crippen LogP contribution in [0.15, 0.2) is 0 Å². The van der Waals surface area contributed by atoms with E-state index in [0.29, 0.717) is 11.1 Å². The first-order chi connectivity index (χ1) is 8.16. The van der Waals surface area contributed by atoms with Crippen LogP contribution < -0.4 is 0 Å². The van der Waals surface area contributed by atoms with Crippen molar-refractivity contribution in [3.8, 4) is 0 Å². The lowest BCUT2D eigenvalue weighted by Gasteiger charge is -2.07. The van der Waals surface area contributed by atoms with Crippen LogP contribution >= 0.6 is 22.9 Å². The van der Waals surface area contributed by atoms with E-state index in [0.717, 1.165) is 16.0 Å². The number of fused-ring (bicyclic) bond motifs is 1. The van der Waals surface area contributed by atoms with Crippen LogP contribution in [0, 0.1) is 13.8 Å². The van der Waals surface area contributed by atoms with Gasteiger partial charge in [0.15, 0.2) is 0 Å². The summed E-state index contributed by atoms with van der Waals surface area (Å²) < 4.78 is 0. The number of hydrogen-bond donors (Lipinski definition) is 0. The third kappa shape index (κ3) is 1.85.